The van der Waals surface area contributed by atoms with Crippen LogP contribution in [0.15, 0.2) is 0 Å². The molecule has 10 heavy (non-hydrogen) atoms. The quantitative estimate of drug-likeness (QED) is 0.285. The Morgan fingerprint density at radius 2 is 2.20 bits per heavy atom. The van der Waals surface area contributed by atoms with E-state index in [1.807, 2.05) is 0 Å². The maximum atomic E-state index is 10.3. The molecule has 2 atom stereocenters. The van der Waals surface area contributed by atoms with E-state index in [0.717, 1.165) is 0 Å². The molecular weight excluding hydrogens is 186 g/mol. The van der Waals surface area contributed by atoms with Crippen molar-refractivity contribution in [2.75, 3.05) is 6.26 Å². The molecule has 0 aromatic carbocycles. The van der Waals surface area contributed by atoms with Crippen LogP contribution < -0.4 is 34.7 Å². The minimum atomic E-state index is -2.63. The van der Waals surface area contributed by atoms with Gasteiger partial charge in [-0.1, -0.05) is 4.57 Å². The minimum absolute atomic E-state index is 0. The molecule has 0 aromatic rings. The van der Waals surface area contributed by atoms with E-state index in [2.05, 4.69) is 0 Å². The molecule has 0 fully saturated rings. The molecule has 52 valence electrons. The molecule has 0 aromatic heterocycles. The third-order valence-electron chi connectivity index (χ3n) is 0.555. The molecule has 1 N–H and O–H groups in total. The van der Waals surface area contributed by atoms with E-state index in [9.17, 15) is 14.5 Å². The fourth-order valence-corrected chi connectivity index (χ4v) is 1.35. The van der Waals surface area contributed by atoms with E-state index in [1.54, 1.807) is 0 Å². The summed E-state index contributed by atoms with van der Waals surface area (Å²) < 4.78 is 10.3. The molecule has 0 heterocycles. The average molecular weight is 191 g/mol. The molecular formula is C3H5NaO4PS+. The predicted octanol–water partition coefficient (Wildman–Crippen LogP) is -3.06. The third-order valence-corrected chi connectivity index (χ3v) is 2.75. The summed E-state index contributed by atoms with van der Waals surface area (Å²) in [6.07, 6.45) is 1.40. The molecule has 0 saturated heterocycles. The Bertz CT molecular complexity index is 138. The first-order chi connectivity index (χ1) is 4.09. The van der Waals surface area contributed by atoms with Crippen molar-refractivity contribution in [3.63, 3.8) is 0 Å². The second-order valence-electron chi connectivity index (χ2n) is 1.12. The zero-order valence-corrected chi connectivity index (χ0v) is 9.32. The van der Waals surface area contributed by atoms with Crippen LogP contribution in [0, 0.1) is 0 Å². The minimum Gasteiger partial charge on any atom is -0.790 e. The summed E-state index contributed by atoms with van der Waals surface area (Å²) in [5.41, 5.74) is 0. The monoisotopic (exact) mass is 191 g/mol. The Balaban J connectivity index is 0. The summed E-state index contributed by atoms with van der Waals surface area (Å²) in [5, 5.41) is 17.9. The van der Waals surface area contributed by atoms with Crippen LogP contribution in [0.2, 0.25) is 0 Å². The number of rotatable bonds is 2. The summed E-state index contributed by atoms with van der Waals surface area (Å²) in [6, 6.07) is -2.26. The van der Waals surface area contributed by atoms with Crippen molar-refractivity contribution in [1.82, 2.24) is 0 Å². The summed E-state index contributed by atoms with van der Waals surface area (Å²) in [5.74, 6) is 0. The topological polar surface area (TPSA) is 77.4 Å². The Morgan fingerprint density at radius 1 is 1.80 bits per heavy atom. The Kier molecular flexibility index (Phi) is 9.17. The number of aliphatic hydroxyl groups excluding tert-OH is 1. The van der Waals surface area contributed by atoms with Crippen LogP contribution in [-0.2, 0) is 4.57 Å². The molecule has 0 bridgehead atoms. The Hall–Kier alpha value is 1.04. The molecule has 0 radical (unpaired) electrons. The second kappa shape index (κ2) is 6.73. The van der Waals surface area contributed by atoms with Crippen LogP contribution in [0.5, 0.6) is 0 Å². The third kappa shape index (κ3) is 4.79. The number of carbonyl (C=O) groups is 1. The maximum absolute atomic E-state index is 10.3. The van der Waals surface area contributed by atoms with Crippen LogP contribution >= 0.6 is 19.6 Å². The van der Waals surface area contributed by atoms with Gasteiger partial charge >= 0.3 is 42.2 Å². The first kappa shape index (κ1) is 13.6. The van der Waals surface area contributed by atoms with Gasteiger partial charge in [-0.25, -0.2) is 4.79 Å². The Labute approximate surface area is 85.5 Å². The molecule has 0 rings (SSSR count). The molecule has 2 unspecified atom stereocenters. The van der Waals surface area contributed by atoms with Gasteiger partial charge in [-0.3, -0.25) is 0 Å². The molecule has 0 aliphatic rings. The van der Waals surface area contributed by atoms with E-state index < -0.39 is 18.7 Å². The van der Waals surface area contributed by atoms with Gasteiger partial charge in [0.25, 0.3) is 0 Å². The van der Waals surface area contributed by atoms with Gasteiger partial charge in [0.15, 0.2) is 6.03 Å². The Morgan fingerprint density at radius 3 is 2.30 bits per heavy atom. The number of carbonyl (C=O) groups excluding carboxylic acids is 1. The summed E-state index contributed by atoms with van der Waals surface area (Å²) in [4.78, 5) is 9.52. The normalized spacial score (nSPS) is 13.3. The standard InChI is InChI=1S/C3H5O4PS.Na/c1-9-3(6)8(7)2(4)5;/h2,4H,1H3;/q;+1. The number of hydrogen-bond donors (Lipinski definition) is 1. The van der Waals surface area contributed by atoms with Gasteiger partial charge in [0.2, 0.25) is 0 Å². The van der Waals surface area contributed by atoms with E-state index in [4.69, 9.17) is 5.11 Å². The van der Waals surface area contributed by atoms with Gasteiger partial charge in [-0.2, -0.15) is 0 Å². The van der Waals surface area contributed by atoms with Gasteiger partial charge in [-0.15, -0.1) is 0 Å². The van der Waals surface area contributed by atoms with Crippen molar-refractivity contribution < 1.29 is 49.1 Å². The van der Waals surface area contributed by atoms with Crippen LogP contribution in [0.1, 0.15) is 0 Å². The fraction of sp³-hybridized carbons (Fsp3) is 0.667. The van der Waals surface area contributed by atoms with Crippen molar-refractivity contribution in [3.8, 4) is 0 Å². The first-order valence-corrected chi connectivity index (χ1v) is 4.53. The smallest absolute Gasteiger partial charge is 0.790 e. The first-order valence-electron chi connectivity index (χ1n) is 1.97. The molecule has 0 aliphatic carbocycles. The van der Waals surface area contributed by atoms with Crippen molar-refractivity contribution in [3.05, 3.63) is 0 Å². The largest absolute Gasteiger partial charge is 1.00 e. The van der Waals surface area contributed by atoms with Gasteiger partial charge in [-0.05, 0) is 18.0 Å². The molecule has 0 saturated carbocycles. The van der Waals surface area contributed by atoms with Gasteiger partial charge in [0.1, 0.15) is 0 Å². The number of hydrogen-bond acceptors (Lipinski definition) is 5. The molecule has 0 amide bonds. The SMILES string of the molecule is CSC(=O)[P+](=O)C([O-])O.[Na+]. The maximum Gasteiger partial charge on any atom is 1.00 e. The zero-order valence-electron chi connectivity index (χ0n) is 5.60. The molecule has 0 aliphatic heterocycles. The van der Waals surface area contributed by atoms with Crippen LogP contribution in [-0.4, -0.2) is 22.2 Å². The predicted molar refractivity (Wildman–Crippen MR) is 32.5 cm³/mol. The van der Waals surface area contributed by atoms with Crippen LogP contribution in [0.25, 0.3) is 0 Å². The van der Waals surface area contributed by atoms with Crippen LogP contribution in [0.3, 0.4) is 0 Å². The van der Waals surface area contributed by atoms with Gasteiger partial charge in [0.05, 0.1) is 0 Å². The van der Waals surface area contributed by atoms with Gasteiger partial charge < -0.3 is 10.2 Å². The summed E-state index contributed by atoms with van der Waals surface area (Å²) in [7, 11) is -2.63. The average Bonchev–Trinajstić information content (AvgIpc) is 1.84. The summed E-state index contributed by atoms with van der Waals surface area (Å²) in [6.45, 7) is 0. The number of aliphatic hydroxyl groups is 1. The number of thioether (sulfide) groups is 1. The molecule has 7 heteroatoms. The molecule has 4 nitrogen and oxygen atoms in total. The van der Waals surface area contributed by atoms with Gasteiger partial charge in [0, 0.05) is 0 Å². The molecule has 0 spiro atoms. The van der Waals surface area contributed by atoms with Crippen molar-refractivity contribution in [2.45, 2.75) is 6.03 Å². The zero-order chi connectivity index (χ0) is 7.44. The van der Waals surface area contributed by atoms with E-state index in [0.29, 0.717) is 11.8 Å². The second-order valence-corrected chi connectivity index (χ2v) is 3.70. The van der Waals surface area contributed by atoms with Crippen molar-refractivity contribution in [2.24, 2.45) is 0 Å². The van der Waals surface area contributed by atoms with E-state index >= 15 is 0 Å². The van der Waals surface area contributed by atoms with Crippen molar-refractivity contribution >= 4 is 24.4 Å². The fourth-order valence-electron chi connectivity index (χ4n) is 0.180. The summed E-state index contributed by atoms with van der Waals surface area (Å²) >= 11 is 0.679. The van der Waals surface area contributed by atoms with Crippen molar-refractivity contribution in [1.29, 1.82) is 0 Å². The van der Waals surface area contributed by atoms with E-state index in [-0.39, 0.29) is 29.6 Å². The van der Waals surface area contributed by atoms with E-state index in [1.165, 1.54) is 6.26 Å². The van der Waals surface area contributed by atoms with Crippen LogP contribution in [0.4, 0.5) is 4.79 Å².